The highest BCUT2D eigenvalue weighted by atomic mass is 16.2. The van der Waals surface area contributed by atoms with Gasteiger partial charge in [0.15, 0.2) is 0 Å². The van der Waals surface area contributed by atoms with Crippen molar-refractivity contribution in [2.45, 2.75) is 46.6 Å². The third-order valence-electron chi connectivity index (χ3n) is 6.74. The Kier molecular flexibility index (Phi) is 5.09. The van der Waals surface area contributed by atoms with E-state index in [1.807, 2.05) is 29.2 Å². The molecule has 1 amide bonds. The molecule has 4 nitrogen and oxygen atoms in total. The van der Waals surface area contributed by atoms with Crippen LogP contribution in [0.5, 0.6) is 0 Å². The first-order chi connectivity index (χ1) is 15.4. The molecule has 0 N–H and O–H groups in total. The lowest BCUT2D eigenvalue weighted by Gasteiger charge is -2.20. The van der Waals surface area contributed by atoms with Crippen molar-refractivity contribution < 1.29 is 4.79 Å². The number of aromatic nitrogens is 2. The lowest BCUT2D eigenvalue weighted by Crippen LogP contribution is -2.25. The smallest absolute Gasteiger partial charge is 0.227 e. The first-order valence-electron chi connectivity index (χ1n) is 11.3. The summed E-state index contributed by atoms with van der Waals surface area (Å²) in [6.45, 7) is 10.0. The zero-order valence-electron chi connectivity index (χ0n) is 19.2. The Morgan fingerprint density at radius 3 is 2.34 bits per heavy atom. The molecule has 1 aliphatic rings. The Labute approximate surface area is 189 Å². The molecule has 0 radical (unpaired) electrons. The molecular weight excluding hydrogens is 394 g/mol. The van der Waals surface area contributed by atoms with Crippen LogP contribution in [-0.4, -0.2) is 22.0 Å². The van der Waals surface area contributed by atoms with E-state index in [1.165, 1.54) is 22.3 Å². The standard InChI is InChI=1S/C28H29N3O/c1-18-13-20(3)23(21(4)14-18)17-31-26-12-8-6-10-24(26)29-28(31)22-15-27(32)30(16-22)25-11-7-5-9-19(25)2/h5-14,22H,15-17H2,1-4H3/t22-/m0/s1. The quantitative estimate of drug-likeness (QED) is 0.414. The number of carbonyl (C=O) groups is 1. The van der Waals surface area contributed by atoms with Crippen molar-refractivity contribution in [3.63, 3.8) is 0 Å². The number of anilines is 1. The Morgan fingerprint density at radius 1 is 0.906 bits per heavy atom. The minimum Gasteiger partial charge on any atom is -0.323 e. The van der Waals surface area contributed by atoms with Gasteiger partial charge in [-0.3, -0.25) is 4.79 Å². The number of amides is 1. The maximum Gasteiger partial charge on any atom is 0.227 e. The van der Waals surface area contributed by atoms with Gasteiger partial charge in [0.1, 0.15) is 5.82 Å². The van der Waals surface area contributed by atoms with Crippen LogP contribution in [0.25, 0.3) is 11.0 Å². The average Bonchev–Trinajstić information content (AvgIpc) is 3.31. The largest absolute Gasteiger partial charge is 0.323 e. The molecule has 32 heavy (non-hydrogen) atoms. The van der Waals surface area contributed by atoms with Crippen LogP contribution < -0.4 is 4.90 Å². The predicted molar refractivity (Wildman–Crippen MR) is 130 cm³/mol. The third-order valence-corrected chi connectivity index (χ3v) is 6.74. The maximum absolute atomic E-state index is 13.0. The number of benzene rings is 3. The molecule has 2 heterocycles. The molecule has 1 fully saturated rings. The number of hydrogen-bond acceptors (Lipinski definition) is 2. The topological polar surface area (TPSA) is 38.1 Å². The molecule has 0 spiro atoms. The number of hydrogen-bond donors (Lipinski definition) is 0. The van der Waals surface area contributed by atoms with Gasteiger partial charge in [0.2, 0.25) is 5.91 Å². The van der Waals surface area contributed by atoms with Gasteiger partial charge in [0, 0.05) is 31.1 Å². The number of carbonyl (C=O) groups excluding carboxylic acids is 1. The molecule has 4 heteroatoms. The summed E-state index contributed by atoms with van der Waals surface area (Å²) < 4.78 is 2.33. The minimum atomic E-state index is 0.0700. The molecular formula is C28H29N3O. The molecule has 0 unspecified atom stereocenters. The van der Waals surface area contributed by atoms with Gasteiger partial charge in [-0.15, -0.1) is 0 Å². The SMILES string of the molecule is Cc1cc(C)c(Cn2c([C@H]3CC(=O)N(c4ccccc4C)C3)nc3ccccc32)c(C)c1. The molecule has 4 aromatic rings. The van der Waals surface area contributed by atoms with E-state index in [0.29, 0.717) is 13.0 Å². The van der Waals surface area contributed by atoms with Gasteiger partial charge >= 0.3 is 0 Å². The number of para-hydroxylation sites is 3. The van der Waals surface area contributed by atoms with E-state index in [-0.39, 0.29) is 11.8 Å². The second-order valence-electron chi connectivity index (χ2n) is 9.11. The first kappa shape index (κ1) is 20.5. The molecule has 5 rings (SSSR count). The van der Waals surface area contributed by atoms with Gasteiger partial charge in [-0.1, -0.05) is 48.0 Å². The van der Waals surface area contributed by atoms with Crippen molar-refractivity contribution in [2.75, 3.05) is 11.4 Å². The summed E-state index contributed by atoms with van der Waals surface area (Å²) >= 11 is 0. The highest BCUT2D eigenvalue weighted by molar-refractivity contribution is 5.97. The van der Waals surface area contributed by atoms with Crippen molar-refractivity contribution in [2.24, 2.45) is 0 Å². The molecule has 0 saturated carbocycles. The number of aryl methyl sites for hydroxylation is 4. The van der Waals surface area contributed by atoms with E-state index in [9.17, 15) is 4.79 Å². The van der Waals surface area contributed by atoms with Crippen molar-refractivity contribution in [1.29, 1.82) is 0 Å². The molecule has 0 bridgehead atoms. The van der Waals surface area contributed by atoms with E-state index >= 15 is 0 Å². The molecule has 1 aliphatic heterocycles. The van der Waals surface area contributed by atoms with Gasteiger partial charge in [-0.25, -0.2) is 4.98 Å². The fraction of sp³-hybridized carbons (Fsp3) is 0.286. The van der Waals surface area contributed by atoms with Crippen LogP contribution in [0.15, 0.2) is 60.7 Å². The Balaban J connectivity index is 1.57. The molecule has 1 aromatic heterocycles. The summed E-state index contributed by atoms with van der Waals surface area (Å²) in [5.41, 5.74) is 9.48. The molecule has 1 atom stereocenters. The monoisotopic (exact) mass is 423 g/mol. The van der Waals surface area contributed by atoms with Crippen molar-refractivity contribution in [3.8, 4) is 0 Å². The summed E-state index contributed by atoms with van der Waals surface area (Å²) in [6, 6.07) is 20.9. The Hall–Kier alpha value is -3.40. The van der Waals surface area contributed by atoms with Crippen LogP contribution in [0.3, 0.4) is 0 Å². The normalized spacial score (nSPS) is 16.3. The van der Waals surface area contributed by atoms with Crippen molar-refractivity contribution in [3.05, 3.63) is 94.3 Å². The van der Waals surface area contributed by atoms with Crippen LogP contribution in [0.2, 0.25) is 0 Å². The van der Waals surface area contributed by atoms with Gasteiger partial charge in [-0.2, -0.15) is 0 Å². The van der Waals surface area contributed by atoms with E-state index in [0.717, 1.165) is 34.7 Å². The summed E-state index contributed by atoms with van der Waals surface area (Å²) in [6.07, 6.45) is 0.490. The fourth-order valence-electron chi connectivity index (χ4n) is 5.17. The van der Waals surface area contributed by atoms with Crippen LogP contribution in [-0.2, 0) is 11.3 Å². The average molecular weight is 424 g/mol. The third kappa shape index (κ3) is 3.50. The fourth-order valence-corrected chi connectivity index (χ4v) is 5.17. The first-order valence-corrected chi connectivity index (χ1v) is 11.3. The Morgan fingerprint density at radius 2 is 1.59 bits per heavy atom. The van der Waals surface area contributed by atoms with Crippen LogP contribution in [0.1, 0.15) is 46.0 Å². The van der Waals surface area contributed by atoms with Gasteiger partial charge < -0.3 is 9.47 Å². The summed E-state index contributed by atoms with van der Waals surface area (Å²) in [5, 5.41) is 0. The molecule has 1 saturated heterocycles. The number of nitrogens with zero attached hydrogens (tertiary/aromatic N) is 3. The van der Waals surface area contributed by atoms with Crippen molar-refractivity contribution in [1.82, 2.24) is 9.55 Å². The van der Waals surface area contributed by atoms with Crippen molar-refractivity contribution >= 4 is 22.6 Å². The summed E-state index contributed by atoms with van der Waals surface area (Å²) in [7, 11) is 0. The zero-order valence-corrected chi connectivity index (χ0v) is 19.2. The molecule has 162 valence electrons. The zero-order chi connectivity index (χ0) is 22.4. The van der Waals surface area contributed by atoms with Crippen LogP contribution in [0.4, 0.5) is 5.69 Å². The summed E-state index contributed by atoms with van der Waals surface area (Å²) in [4.78, 5) is 20.0. The summed E-state index contributed by atoms with van der Waals surface area (Å²) in [5.74, 6) is 1.25. The van der Waals surface area contributed by atoms with E-state index < -0.39 is 0 Å². The predicted octanol–water partition coefficient (Wildman–Crippen LogP) is 5.84. The lowest BCUT2D eigenvalue weighted by molar-refractivity contribution is -0.117. The lowest BCUT2D eigenvalue weighted by atomic mass is 9.99. The maximum atomic E-state index is 13.0. The molecule has 0 aliphatic carbocycles. The highest BCUT2D eigenvalue weighted by Gasteiger charge is 2.35. The highest BCUT2D eigenvalue weighted by Crippen LogP contribution is 2.35. The minimum absolute atomic E-state index is 0.0700. The second kappa shape index (κ2) is 7.94. The van der Waals surface area contributed by atoms with Gasteiger partial charge in [0.25, 0.3) is 0 Å². The second-order valence-corrected chi connectivity index (χ2v) is 9.11. The number of rotatable bonds is 4. The van der Waals surface area contributed by atoms with Crippen LogP contribution >= 0.6 is 0 Å². The van der Waals surface area contributed by atoms with E-state index in [2.05, 4.69) is 68.7 Å². The van der Waals surface area contributed by atoms with Crippen LogP contribution in [0, 0.1) is 27.7 Å². The van der Waals surface area contributed by atoms with E-state index in [4.69, 9.17) is 4.98 Å². The van der Waals surface area contributed by atoms with E-state index in [1.54, 1.807) is 0 Å². The number of imidazole rings is 1. The molecule has 3 aromatic carbocycles. The van der Waals surface area contributed by atoms with Gasteiger partial charge in [-0.05, 0) is 68.1 Å². The Bertz CT molecular complexity index is 1310. The number of fused-ring (bicyclic) bond motifs is 1. The van der Waals surface area contributed by atoms with Gasteiger partial charge in [0.05, 0.1) is 11.0 Å².